The van der Waals surface area contributed by atoms with Gasteiger partial charge in [-0.2, -0.15) is 0 Å². The Kier molecular flexibility index (Phi) is 4.67. The number of nitrogens with one attached hydrogen (secondary N) is 1. The van der Waals surface area contributed by atoms with Crippen LogP contribution in [0.15, 0.2) is 0 Å². The maximum atomic E-state index is 9.11. The van der Waals surface area contributed by atoms with Crippen molar-refractivity contribution in [3.05, 3.63) is 0 Å². The van der Waals surface area contributed by atoms with Gasteiger partial charge in [-0.05, 0) is 12.3 Å². The first-order chi connectivity index (χ1) is 4.22. The number of hydrogen-bond acceptors (Lipinski definition) is 3. The highest BCUT2D eigenvalue weighted by atomic mass is 16.5. The molecule has 2 atom stereocenters. The van der Waals surface area contributed by atoms with E-state index in [9.17, 15) is 0 Å². The van der Waals surface area contributed by atoms with Gasteiger partial charge >= 0.3 is 0 Å². The Bertz CT molecular complexity index is 68.1. The van der Waals surface area contributed by atoms with E-state index in [-0.39, 0.29) is 12.0 Å². The minimum Gasteiger partial charge on any atom is -0.393 e. The summed E-state index contributed by atoms with van der Waals surface area (Å²) in [6, 6.07) is 0. The maximum Gasteiger partial charge on any atom is 0.0576 e. The van der Waals surface area contributed by atoms with Crippen molar-refractivity contribution in [2.24, 2.45) is 5.92 Å². The summed E-state index contributed by atoms with van der Waals surface area (Å²) in [4.78, 5) is 0. The monoisotopic (exact) mass is 133 g/mol. The van der Waals surface area contributed by atoms with E-state index in [2.05, 4.69) is 0 Å². The third kappa shape index (κ3) is 3.46. The highest BCUT2D eigenvalue weighted by Crippen LogP contribution is 2.03. The number of aliphatic hydroxyl groups excluding tert-OH is 1. The summed E-state index contributed by atoms with van der Waals surface area (Å²) in [5.41, 5.74) is 2.02. The minimum atomic E-state index is -0.301. The lowest BCUT2D eigenvalue weighted by Crippen LogP contribution is -2.26. The third-order valence-electron chi connectivity index (χ3n) is 1.49. The van der Waals surface area contributed by atoms with Crippen LogP contribution >= 0.6 is 0 Å². The van der Waals surface area contributed by atoms with Crippen LogP contribution in [0.5, 0.6) is 0 Å². The Morgan fingerprint density at radius 2 is 2.11 bits per heavy atom. The van der Waals surface area contributed by atoms with E-state index in [1.807, 2.05) is 19.3 Å². The molecule has 0 aliphatic carbocycles. The molecule has 0 aromatic rings. The van der Waals surface area contributed by atoms with E-state index in [1.54, 1.807) is 0 Å². The van der Waals surface area contributed by atoms with Gasteiger partial charge in [0, 0.05) is 6.54 Å². The van der Waals surface area contributed by atoms with Gasteiger partial charge in [-0.25, -0.2) is 5.48 Å². The summed E-state index contributed by atoms with van der Waals surface area (Å²) >= 11 is 0. The fraction of sp³-hybridized carbons (Fsp3) is 1.00. The van der Waals surface area contributed by atoms with Gasteiger partial charge < -0.3 is 10.3 Å². The molecule has 0 aliphatic rings. The van der Waals surface area contributed by atoms with E-state index in [1.165, 1.54) is 0 Å². The molecule has 0 saturated carbocycles. The Labute approximate surface area is 55.7 Å². The molecule has 3 heteroatoms. The second-order valence-electron chi connectivity index (χ2n) is 2.32. The van der Waals surface area contributed by atoms with Gasteiger partial charge in [0.05, 0.1) is 6.10 Å². The van der Waals surface area contributed by atoms with Crippen molar-refractivity contribution in [3.8, 4) is 0 Å². The van der Waals surface area contributed by atoms with Crippen molar-refractivity contribution in [1.82, 2.24) is 5.48 Å². The molecule has 0 fully saturated rings. The molecule has 0 bridgehead atoms. The molecule has 3 N–H and O–H groups in total. The Morgan fingerprint density at radius 3 is 2.44 bits per heavy atom. The van der Waals surface area contributed by atoms with Crippen LogP contribution in [0.2, 0.25) is 0 Å². The zero-order chi connectivity index (χ0) is 7.28. The van der Waals surface area contributed by atoms with Crippen molar-refractivity contribution in [2.75, 3.05) is 6.54 Å². The molecule has 0 heterocycles. The first-order valence-corrected chi connectivity index (χ1v) is 3.27. The lowest BCUT2D eigenvalue weighted by Gasteiger charge is -2.15. The molecule has 56 valence electrons. The van der Waals surface area contributed by atoms with Gasteiger partial charge in [0.2, 0.25) is 0 Å². The number of hydrogen-bond donors (Lipinski definition) is 3. The first kappa shape index (κ1) is 8.88. The fourth-order valence-corrected chi connectivity index (χ4v) is 0.682. The fourth-order valence-electron chi connectivity index (χ4n) is 0.682. The molecule has 0 spiro atoms. The molecular weight excluding hydrogens is 118 g/mol. The lowest BCUT2D eigenvalue weighted by atomic mass is 10.0. The largest absolute Gasteiger partial charge is 0.393 e. The molecule has 3 nitrogen and oxygen atoms in total. The number of hydroxylamine groups is 1. The Morgan fingerprint density at radius 1 is 1.56 bits per heavy atom. The molecule has 0 aromatic carbocycles. The van der Waals surface area contributed by atoms with E-state index < -0.39 is 0 Å². The molecule has 0 rings (SSSR count). The lowest BCUT2D eigenvalue weighted by molar-refractivity contribution is 0.0758. The Hall–Kier alpha value is -0.120. The van der Waals surface area contributed by atoms with E-state index in [4.69, 9.17) is 10.3 Å². The van der Waals surface area contributed by atoms with Crippen molar-refractivity contribution in [1.29, 1.82) is 0 Å². The smallest absolute Gasteiger partial charge is 0.0576 e. The van der Waals surface area contributed by atoms with Gasteiger partial charge in [-0.15, -0.1) is 0 Å². The highest BCUT2D eigenvalue weighted by Gasteiger charge is 2.09. The van der Waals surface area contributed by atoms with Gasteiger partial charge in [0.1, 0.15) is 0 Å². The van der Waals surface area contributed by atoms with Crippen LogP contribution in [0.4, 0.5) is 0 Å². The predicted molar refractivity (Wildman–Crippen MR) is 35.3 cm³/mol. The summed E-state index contributed by atoms with van der Waals surface area (Å²) < 4.78 is 0. The topological polar surface area (TPSA) is 52.5 Å². The summed E-state index contributed by atoms with van der Waals surface area (Å²) in [6.45, 7) is 4.25. The summed E-state index contributed by atoms with van der Waals surface area (Å²) in [5.74, 6) is 0.125. The zero-order valence-corrected chi connectivity index (χ0v) is 5.96. The average Bonchev–Trinajstić information content (AvgIpc) is 1.87. The van der Waals surface area contributed by atoms with Crippen LogP contribution < -0.4 is 5.48 Å². The molecule has 0 saturated heterocycles. The number of aliphatic hydroxyl groups is 1. The van der Waals surface area contributed by atoms with Crippen LogP contribution in [0, 0.1) is 5.92 Å². The van der Waals surface area contributed by atoms with Gasteiger partial charge in [0.25, 0.3) is 0 Å². The van der Waals surface area contributed by atoms with Crippen LogP contribution in [-0.4, -0.2) is 23.0 Å². The highest BCUT2D eigenvalue weighted by molar-refractivity contribution is 4.62. The Balaban J connectivity index is 3.32. The second-order valence-corrected chi connectivity index (χ2v) is 2.32. The van der Waals surface area contributed by atoms with Crippen LogP contribution in [0.25, 0.3) is 0 Å². The normalized spacial score (nSPS) is 17.3. The SMILES string of the molecule is CCC(O)C(C)CNO. The van der Waals surface area contributed by atoms with Gasteiger partial charge in [-0.1, -0.05) is 13.8 Å². The molecule has 0 amide bonds. The van der Waals surface area contributed by atoms with E-state index in [0.717, 1.165) is 6.42 Å². The van der Waals surface area contributed by atoms with Crippen molar-refractivity contribution >= 4 is 0 Å². The van der Waals surface area contributed by atoms with Crippen molar-refractivity contribution in [3.63, 3.8) is 0 Å². The standard InChI is InChI=1S/C6H15NO2/c1-3-6(8)5(2)4-7-9/h5-9H,3-4H2,1-2H3. The minimum absolute atomic E-state index is 0.125. The average molecular weight is 133 g/mol. The van der Waals surface area contributed by atoms with Crippen LogP contribution in [-0.2, 0) is 0 Å². The van der Waals surface area contributed by atoms with Crippen molar-refractivity contribution < 1.29 is 10.3 Å². The number of rotatable bonds is 4. The molecule has 0 radical (unpaired) electrons. The van der Waals surface area contributed by atoms with E-state index in [0.29, 0.717) is 6.54 Å². The zero-order valence-electron chi connectivity index (χ0n) is 5.96. The van der Waals surface area contributed by atoms with E-state index >= 15 is 0 Å². The predicted octanol–water partition coefficient (Wildman–Crippen LogP) is 0.372. The molecular formula is C6H15NO2. The van der Waals surface area contributed by atoms with Gasteiger partial charge in [0.15, 0.2) is 0 Å². The molecule has 0 aliphatic heterocycles. The quantitative estimate of drug-likeness (QED) is 0.486. The summed E-state index contributed by atoms with van der Waals surface area (Å²) in [5, 5.41) is 17.3. The van der Waals surface area contributed by atoms with Crippen LogP contribution in [0.3, 0.4) is 0 Å². The maximum absolute atomic E-state index is 9.11. The molecule has 9 heavy (non-hydrogen) atoms. The van der Waals surface area contributed by atoms with Gasteiger partial charge in [-0.3, -0.25) is 0 Å². The summed E-state index contributed by atoms with van der Waals surface area (Å²) in [7, 11) is 0. The third-order valence-corrected chi connectivity index (χ3v) is 1.49. The first-order valence-electron chi connectivity index (χ1n) is 3.27. The van der Waals surface area contributed by atoms with Crippen LogP contribution in [0.1, 0.15) is 20.3 Å². The molecule has 2 unspecified atom stereocenters. The van der Waals surface area contributed by atoms with Crippen molar-refractivity contribution in [2.45, 2.75) is 26.4 Å². The summed E-state index contributed by atoms with van der Waals surface area (Å²) in [6.07, 6.45) is 0.438. The molecule has 0 aromatic heterocycles. The second kappa shape index (κ2) is 4.73.